The molecule has 0 unspecified atom stereocenters. The zero-order valence-electron chi connectivity index (χ0n) is 12.8. The molecule has 0 aliphatic carbocycles. The van der Waals surface area contributed by atoms with Crippen LogP contribution >= 0.6 is 0 Å². The van der Waals surface area contributed by atoms with Crippen LogP contribution in [0.5, 0.6) is 0 Å². The van der Waals surface area contributed by atoms with E-state index in [9.17, 15) is 4.79 Å². The number of carbonyl (C=O) groups excluding carboxylic acids is 1. The summed E-state index contributed by atoms with van der Waals surface area (Å²) >= 11 is 0. The predicted octanol–water partition coefficient (Wildman–Crippen LogP) is 3.04. The van der Waals surface area contributed by atoms with Crippen LogP contribution < -0.4 is 5.73 Å². The standard InChI is InChI=1S/C18H19N3O/c1-12-3-6-14(7-4-12)18-15(8-9-16(19)22)21-11-13(2)5-10-17(21)20-18/h3-7,10-11H,8-9H2,1-2H3,(H2,19,22). The number of hydrogen-bond donors (Lipinski definition) is 1. The number of imidazole rings is 1. The fourth-order valence-corrected chi connectivity index (χ4v) is 2.62. The van der Waals surface area contributed by atoms with Gasteiger partial charge in [0.05, 0.1) is 11.4 Å². The summed E-state index contributed by atoms with van der Waals surface area (Å²) in [5, 5.41) is 0. The van der Waals surface area contributed by atoms with E-state index >= 15 is 0 Å². The molecule has 4 nitrogen and oxygen atoms in total. The molecule has 0 saturated heterocycles. The van der Waals surface area contributed by atoms with Gasteiger partial charge in [-0.25, -0.2) is 4.98 Å². The van der Waals surface area contributed by atoms with E-state index in [1.807, 2.05) is 19.1 Å². The van der Waals surface area contributed by atoms with E-state index in [2.05, 4.69) is 41.8 Å². The largest absolute Gasteiger partial charge is 0.370 e. The van der Waals surface area contributed by atoms with Crippen molar-refractivity contribution in [1.82, 2.24) is 9.38 Å². The van der Waals surface area contributed by atoms with Crippen LogP contribution in [0.25, 0.3) is 16.9 Å². The van der Waals surface area contributed by atoms with Gasteiger partial charge < -0.3 is 10.1 Å². The molecular weight excluding hydrogens is 274 g/mol. The van der Waals surface area contributed by atoms with Crippen molar-refractivity contribution in [2.45, 2.75) is 26.7 Å². The fraction of sp³-hybridized carbons (Fsp3) is 0.222. The third kappa shape index (κ3) is 2.72. The van der Waals surface area contributed by atoms with Crippen molar-refractivity contribution >= 4 is 11.6 Å². The van der Waals surface area contributed by atoms with Gasteiger partial charge in [-0.15, -0.1) is 0 Å². The summed E-state index contributed by atoms with van der Waals surface area (Å²) in [6.45, 7) is 4.10. The Morgan fingerprint density at radius 2 is 1.77 bits per heavy atom. The van der Waals surface area contributed by atoms with Crippen LogP contribution in [0.3, 0.4) is 0 Å². The van der Waals surface area contributed by atoms with Gasteiger partial charge in [-0.3, -0.25) is 4.79 Å². The van der Waals surface area contributed by atoms with Crippen LogP contribution in [-0.2, 0) is 11.2 Å². The second-order valence-corrected chi connectivity index (χ2v) is 5.67. The Morgan fingerprint density at radius 1 is 1.09 bits per heavy atom. The highest BCUT2D eigenvalue weighted by atomic mass is 16.1. The molecule has 1 amide bonds. The molecule has 2 N–H and O–H groups in total. The lowest BCUT2D eigenvalue weighted by Crippen LogP contribution is -2.12. The first-order valence-electron chi connectivity index (χ1n) is 7.37. The Balaban J connectivity index is 2.16. The number of hydrogen-bond acceptors (Lipinski definition) is 2. The van der Waals surface area contributed by atoms with Crippen LogP contribution in [0.4, 0.5) is 0 Å². The number of aryl methyl sites for hydroxylation is 3. The van der Waals surface area contributed by atoms with E-state index in [4.69, 9.17) is 10.7 Å². The predicted molar refractivity (Wildman–Crippen MR) is 87.6 cm³/mol. The second kappa shape index (κ2) is 5.64. The Labute approximate surface area is 129 Å². The van der Waals surface area contributed by atoms with Crippen molar-refractivity contribution in [3.05, 3.63) is 59.4 Å². The molecule has 0 atom stereocenters. The molecule has 0 bridgehead atoms. The SMILES string of the molecule is Cc1ccc(-c2nc3ccc(C)cn3c2CCC(N)=O)cc1. The topological polar surface area (TPSA) is 60.4 Å². The lowest BCUT2D eigenvalue weighted by molar-refractivity contribution is -0.118. The van der Waals surface area contributed by atoms with Gasteiger partial charge >= 0.3 is 0 Å². The summed E-state index contributed by atoms with van der Waals surface area (Å²) in [6, 6.07) is 12.3. The van der Waals surface area contributed by atoms with E-state index in [1.165, 1.54) is 5.56 Å². The number of carbonyl (C=O) groups is 1. The van der Waals surface area contributed by atoms with Gasteiger partial charge in [0.15, 0.2) is 0 Å². The zero-order chi connectivity index (χ0) is 15.7. The minimum absolute atomic E-state index is 0.294. The first-order chi connectivity index (χ1) is 10.5. The quantitative estimate of drug-likeness (QED) is 0.803. The fourth-order valence-electron chi connectivity index (χ4n) is 2.62. The number of fused-ring (bicyclic) bond motifs is 1. The molecule has 0 spiro atoms. The smallest absolute Gasteiger partial charge is 0.217 e. The molecule has 2 heterocycles. The van der Waals surface area contributed by atoms with Gasteiger partial charge in [-0.05, 0) is 31.9 Å². The van der Waals surface area contributed by atoms with E-state index in [0.717, 1.165) is 28.2 Å². The molecule has 0 radical (unpaired) electrons. The van der Waals surface area contributed by atoms with Crippen LogP contribution in [0.2, 0.25) is 0 Å². The molecule has 2 aromatic heterocycles. The molecular formula is C18H19N3O. The number of pyridine rings is 1. The maximum Gasteiger partial charge on any atom is 0.217 e. The summed E-state index contributed by atoms with van der Waals surface area (Å²) in [4.78, 5) is 15.9. The lowest BCUT2D eigenvalue weighted by Gasteiger charge is -2.05. The van der Waals surface area contributed by atoms with Crippen molar-refractivity contribution in [3.8, 4) is 11.3 Å². The van der Waals surface area contributed by atoms with Gasteiger partial charge in [-0.2, -0.15) is 0 Å². The number of rotatable bonds is 4. The number of benzene rings is 1. The first-order valence-corrected chi connectivity index (χ1v) is 7.37. The molecule has 3 rings (SSSR count). The number of aromatic nitrogens is 2. The summed E-state index contributed by atoms with van der Waals surface area (Å²) in [7, 11) is 0. The van der Waals surface area contributed by atoms with Crippen molar-refractivity contribution in [2.75, 3.05) is 0 Å². The number of primary amides is 1. The van der Waals surface area contributed by atoms with Crippen LogP contribution in [-0.4, -0.2) is 15.3 Å². The Hall–Kier alpha value is -2.62. The van der Waals surface area contributed by atoms with E-state index < -0.39 is 0 Å². The van der Waals surface area contributed by atoms with Crippen LogP contribution in [0, 0.1) is 13.8 Å². The number of nitrogens with zero attached hydrogens (tertiary/aromatic N) is 2. The van der Waals surface area contributed by atoms with E-state index in [-0.39, 0.29) is 5.91 Å². The van der Waals surface area contributed by atoms with Crippen molar-refractivity contribution in [3.63, 3.8) is 0 Å². The zero-order valence-corrected chi connectivity index (χ0v) is 12.8. The highest BCUT2D eigenvalue weighted by Crippen LogP contribution is 2.26. The summed E-state index contributed by atoms with van der Waals surface area (Å²) in [5.41, 5.74) is 11.6. The normalized spacial score (nSPS) is 11.0. The minimum atomic E-state index is -0.294. The van der Waals surface area contributed by atoms with E-state index in [0.29, 0.717) is 12.8 Å². The van der Waals surface area contributed by atoms with Gasteiger partial charge in [0.25, 0.3) is 0 Å². The average molecular weight is 293 g/mol. The molecule has 0 saturated carbocycles. The first kappa shape index (κ1) is 14.3. The minimum Gasteiger partial charge on any atom is -0.370 e. The number of amides is 1. The van der Waals surface area contributed by atoms with Crippen molar-refractivity contribution in [1.29, 1.82) is 0 Å². The molecule has 4 heteroatoms. The van der Waals surface area contributed by atoms with E-state index in [1.54, 1.807) is 0 Å². The molecule has 0 fully saturated rings. The second-order valence-electron chi connectivity index (χ2n) is 5.67. The highest BCUT2D eigenvalue weighted by molar-refractivity contribution is 5.75. The average Bonchev–Trinajstić information content (AvgIpc) is 2.83. The Bertz CT molecular complexity index is 831. The Kier molecular flexibility index (Phi) is 3.67. The third-order valence-corrected chi connectivity index (χ3v) is 3.80. The summed E-state index contributed by atoms with van der Waals surface area (Å²) in [6.07, 6.45) is 2.96. The maximum absolute atomic E-state index is 11.2. The molecule has 22 heavy (non-hydrogen) atoms. The van der Waals surface area contributed by atoms with Gasteiger partial charge in [0.2, 0.25) is 5.91 Å². The van der Waals surface area contributed by atoms with Gasteiger partial charge in [0.1, 0.15) is 5.65 Å². The summed E-state index contributed by atoms with van der Waals surface area (Å²) in [5.74, 6) is -0.294. The number of nitrogens with two attached hydrogens (primary N) is 1. The molecule has 1 aromatic carbocycles. The lowest BCUT2D eigenvalue weighted by atomic mass is 10.1. The molecule has 112 valence electrons. The maximum atomic E-state index is 11.2. The Morgan fingerprint density at radius 3 is 2.45 bits per heavy atom. The third-order valence-electron chi connectivity index (χ3n) is 3.80. The molecule has 3 aromatic rings. The van der Waals surface area contributed by atoms with Gasteiger partial charge in [-0.1, -0.05) is 35.9 Å². The van der Waals surface area contributed by atoms with Crippen molar-refractivity contribution < 1.29 is 4.79 Å². The van der Waals surface area contributed by atoms with Crippen molar-refractivity contribution in [2.24, 2.45) is 5.73 Å². The van der Waals surface area contributed by atoms with Crippen LogP contribution in [0.1, 0.15) is 23.2 Å². The van der Waals surface area contributed by atoms with Gasteiger partial charge in [0, 0.05) is 18.2 Å². The molecule has 0 aliphatic heterocycles. The highest BCUT2D eigenvalue weighted by Gasteiger charge is 2.14. The monoisotopic (exact) mass is 293 g/mol. The molecule has 0 aliphatic rings. The van der Waals surface area contributed by atoms with Crippen LogP contribution in [0.15, 0.2) is 42.6 Å². The summed E-state index contributed by atoms with van der Waals surface area (Å²) < 4.78 is 2.06.